The zero-order valence-corrected chi connectivity index (χ0v) is 15.1. The molecular formula is C18H29N5O. The maximum absolute atomic E-state index is 12.3. The number of piperazine rings is 1. The molecule has 24 heavy (non-hydrogen) atoms. The first-order chi connectivity index (χ1) is 11.5. The Balaban J connectivity index is 1.66. The minimum atomic E-state index is 0.101. The molecule has 1 N–H and O–H groups in total. The van der Waals surface area contributed by atoms with Crippen LogP contribution in [0.15, 0.2) is 0 Å². The van der Waals surface area contributed by atoms with Crippen molar-refractivity contribution in [3.05, 3.63) is 11.4 Å². The highest BCUT2D eigenvalue weighted by Gasteiger charge is 2.21. The monoisotopic (exact) mass is 331 g/mol. The van der Waals surface area contributed by atoms with E-state index in [1.807, 2.05) is 13.8 Å². The molecule has 1 saturated carbocycles. The van der Waals surface area contributed by atoms with E-state index in [0.717, 1.165) is 49.2 Å². The fourth-order valence-electron chi connectivity index (χ4n) is 3.69. The highest BCUT2D eigenvalue weighted by atomic mass is 16.1. The molecule has 1 aromatic heterocycles. The third-order valence-corrected chi connectivity index (χ3v) is 5.26. The van der Waals surface area contributed by atoms with Crippen LogP contribution >= 0.6 is 0 Å². The smallest absolute Gasteiger partial charge is 0.225 e. The van der Waals surface area contributed by atoms with Crippen molar-refractivity contribution in [3.63, 3.8) is 0 Å². The number of nitrogens with zero attached hydrogens (tertiary/aromatic N) is 4. The van der Waals surface area contributed by atoms with E-state index in [1.165, 1.54) is 25.7 Å². The van der Waals surface area contributed by atoms with Crippen LogP contribution in [0, 0.1) is 19.8 Å². The standard InChI is InChI=1S/C18H29N5O/c1-13-17(21-16(24)12-15-6-4-5-7-15)14(2)20-18(19-13)23-10-8-22(3)9-11-23/h15H,4-12H2,1-3H3,(H,21,24). The number of rotatable bonds is 4. The second kappa shape index (κ2) is 7.47. The van der Waals surface area contributed by atoms with Gasteiger partial charge in [-0.05, 0) is 39.7 Å². The van der Waals surface area contributed by atoms with Crippen LogP contribution in [0.2, 0.25) is 0 Å². The molecule has 0 spiro atoms. The molecular weight excluding hydrogens is 302 g/mol. The average Bonchev–Trinajstić information content (AvgIpc) is 3.04. The van der Waals surface area contributed by atoms with E-state index in [2.05, 4.69) is 32.1 Å². The number of amides is 1. The van der Waals surface area contributed by atoms with Gasteiger partial charge in [-0.15, -0.1) is 0 Å². The molecule has 0 aromatic carbocycles. The second-order valence-corrected chi connectivity index (χ2v) is 7.26. The van der Waals surface area contributed by atoms with E-state index in [-0.39, 0.29) is 5.91 Å². The van der Waals surface area contributed by atoms with Gasteiger partial charge in [0.05, 0.1) is 17.1 Å². The van der Waals surface area contributed by atoms with Crippen LogP contribution in [-0.2, 0) is 4.79 Å². The van der Waals surface area contributed by atoms with Gasteiger partial charge in [0.1, 0.15) is 0 Å². The number of carbonyl (C=O) groups is 1. The van der Waals surface area contributed by atoms with E-state index in [0.29, 0.717) is 12.3 Å². The second-order valence-electron chi connectivity index (χ2n) is 7.26. The molecule has 3 rings (SSSR count). The van der Waals surface area contributed by atoms with Gasteiger partial charge < -0.3 is 15.1 Å². The Morgan fingerprint density at radius 1 is 1.08 bits per heavy atom. The average molecular weight is 331 g/mol. The molecule has 2 fully saturated rings. The van der Waals surface area contributed by atoms with Gasteiger partial charge in [0.2, 0.25) is 11.9 Å². The molecule has 6 nitrogen and oxygen atoms in total. The summed E-state index contributed by atoms with van der Waals surface area (Å²) in [5.74, 6) is 1.44. The van der Waals surface area contributed by atoms with Crippen molar-refractivity contribution in [2.24, 2.45) is 5.92 Å². The first-order valence-corrected chi connectivity index (χ1v) is 9.11. The molecule has 0 radical (unpaired) electrons. The molecule has 0 unspecified atom stereocenters. The van der Waals surface area contributed by atoms with Crippen molar-refractivity contribution in [1.82, 2.24) is 14.9 Å². The highest BCUT2D eigenvalue weighted by molar-refractivity contribution is 5.92. The number of anilines is 2. The third-order valence-electron chi connectivity index (χ3n) is 5.26. The molecule has 6 heteroatoms. The van der Waals surface area contributed by atoms with Gasteiger partial charge in [0.25, 0.3) is 0 Å². The van der Waals surface area contributed by atoms with Crippen molar-refractivity contribution >= 4 is 17.5 Å². The van der Waals surface area contributed by atoms with E-state index < -0.39 is 0 Å². The number of likely N-dealkylation sites (N-methyl/N-ethyl adjacent to an activating group) is 1. The minimum absolute atomic E-state index is 0.101. The lowest BCUT2D eigenvalue weighted by Crippen LogP contribution is -2.45. The van der Waals surface area contributed by atoms with Crippen LogP contribution in [0.1, 0.15) is 43.5 Å². The summed E-state index contributed by atoms with van der Waals surface area (Å²) in [5.41, 5.74) is 2.50. The molecule has 2 heterocycles. The summed E-state index contributed by atoms with van der Waals surface area (Å²) in [4.78, 5) is 26.2. The molecule has 1 aromatic rings. The molecule has 2 aliphatic rings. The predicted octanol–water partition coefficient (Wildman–Crippen LogP) is 2.36. The molecule has 132 valence electrons. The SMILES string of the molecule is Cc1nc(N2CCN(C)CC2)nc(C)c1NC(=O)CC1CCCC1. The van der Waals surface area contributed by atoms with Crippen LogP contribution in [0.4, 0.5) is 11.6 Å². The van der Waals surface area contributed by atoms with Gasteiger partial charge in [-0.25, -0.2) is 9.97 Å². The fourth-order valence-corrected chi connectivity index (χ4v) is 3.69. The van der Waals surface area contributed by atoms with Crippen LogP contribution in [0.3, 0.4) is 0 Å². The summed E-state index contributed by atoms with van der Waals surface area (Å²) >= 11 is 0. The van der Waals surface area contributed by atoms with Crippen molar-refractivity contribution < 1.29 is 4.79 Å². The van der Waals surface area contributed by atoms with E-state index in [9.17, 15) is 4.79 Å². The molecule has 1 aliphatic carbocycles. The molecule has 1 aliphatic heterocycles. The van der Waals surface area contributed by atoms with Crippen LogP contribution in [-0.4, -0.2) is 54.0 Å². The summed E-state index contributed by atoms with van der Waals surface area (Å²) in [6, 6.07) is 0. The minimum Gasteiger partial charge on any atom is -0.338 e. The number of carbonyl (C=O) groups excluding carboxylic acids is 1. The fraction of sp³-hybridized carbons (Fsp3) is 0.722. The van der Waals surface area contributed by atoms with Crippen LogP contribution in [0.25, 0.3) is 0 Å². The Kier molecular flexibility index (Phi) is 5.33. The highest BCUT2D eigenvalue weighted by Crippen LogP contribution is 2.28. The Morgan fingerprint density at radius 3 is 2.25 bits per heavy atom. The van der Waals surface area contributed by atoms with Gasteiger partial charge in [0.15, 0.2) is 0 Å². The lowest BCUT2D eigenvalue weighted by molar-refractivity contribution is -0.117. The molecule has 1 saturated heterocycles. The number of nitrogens with one attached hydrogen (secondary N) is 1. The molecule has 1 amide bonds. The summed E-state index contributed by atoms with van der Waals surface area (Å²) < 4.78 is 0. The number of aryl methyl sites for hydroxylation is 2. The maximum atomic E-state index is 12.3. The topological polar surface area (TPSA) is 61.4 Å². The number of hydrogen-bond acceptors (Lipinski definition) is 5. The Hall–Kier alpha value is -1.69. The van der Waals surface area contributed by atoms with Gasteiger partial charge >= 0.3 is 0 Å². The summed E-state index contributed by atoms with van der Waals surface area (Å²) in [6.07, 6.45) is 5.52. The lowest BCUT2D eigenvalue weighted by atomic mass is 10.0. The van der Waals surface area contributed by atoms with Crippen molar-refractivity contribution in [2.45, 2.75) is 46.0 Å². The van der Waals surface area contributed by atoms with Crippen molar-refractivity contribution in [2.75, 3.05) is 43.4 Å². The quantitative estimate of drug-likeness (QED) is 0.918. The summed E-state index contributed by atoms with van der Waals surface area (Å²) in [7, 11) is 2.14. The van der Waals surface area contributed by atoms with Crippen molar-refractivity contribution in [3.8, 4) is 0 Å². The largest absolute Gasteiger partial charge is 0.338 e. The normalized spacial score (nSPS) is 19.7. The maximum Gasteiger partial charge on any atom is 0.225 e. The van der Waals surface area contributed by atoms with Gasteiger partial charge in [-0.1, -0.05) is 12.8 Å². The van der Waals surface area contributed by atoms with Crippen molar-refractivity contribution in [1.29, 1.82) is 0 Å². The molecule has 0 bridgehead atoms. The zero-order valence-electron chi connectivity index (χ0n) is 15.1. The Labute approximate surface area is 144 Å². The van der Waals surface area contributed by atoms with Crippen LogP contribution in [0.5, 0.6) is 0 Å². The van der Waals surface area contributed by atoms with E-state index >= 15 is 0 Å². The van der Waals surface area contributed by atoms with Gasteiger partial charge in [0, 0.05) is 32.6 Å². The summed E-state index contributed by atoms with van der Waals surface area (Å²) in [5, 5.41) is 3.05. The Bertz CT molecular complexity index is 566. The predicted molar refractivity (Wildman–Crippen MR) is 96.4 cm³/mol. The first-order valence-electron chi connectivity index (χ1n) is 9.11. The Morgan fingerprint density at radius 2 is 1.67 bits per heavy atom. The molecule has 0 atom stereocenters. The van der Waals surface area contributed by atoms with E-state index in [1.54, 1.807) is 0 Å². The number of aromatic nitrogens is 2. The van der Waals surface area contributed by atoms with Crippen LogP contribution < -0.4 is 10.2 Å². The van der Waals surface area contributed by atoms with Gasteiger partial charge in [-0.2, -0.15) is 0 Å². The third kappa shape index (κ3) is 4.04. The first kappa shape index (κ1) is 17.1. The summed E-state index contributed by atoms with van der Waals surface area (Å²) in [6.45, 7) is 7.87. The van der Waals surface area contributed by atoms with Gasteiger partial charge in [-0.3, -0.25) is 4.79 Å². The lowest BCUT2D eigenvalue weighted by Gasteiger charge is -2.32. The van der Waals surface area contributed by atoms with E-state index in [4.69, 9.17) is 0 Å². The number of hydrogen-bond donors (Lipinski definition) is 1. The zero-order chi connectivity index (χ0) is 17.1.